The highest BCUT2D eigenvalue weighted by molar-refractivity contribution is 4.57. The van der Waals surface area contributed by atoms with E-state index in [0.717, 1.165) is 19.8 Å². The molecule has 0 aromatic heterocycles. The summed E-state index contributed by atoms with van der Waals surface area (Å²) in [6, 6.07) is 0.359. The summed E-state index contributed by atoms with van der Waals surface area (Å²) in [4.78, 5) is 0. The number of nitrogens with one attached hydrogen (secondary N) is 1. The number of aliphatic hydroxyl groups is 1. The first-order valence-electron chi connectivity index (χ1n) is 4.81. The summed E-state index contributed by atoms with van der Waals surface area (Å²) in [7, 11) is 0. The first kappa shape index (κ1) is 12.8. The Balaban J connectivity index is 3.03. The first-order valence-corrected chi connectivity index (χ1v) is 4.81. The van der Waals surface area contributed by atoms with Crippen LogP contribution in [-0.2, 0) is 9.47 Å². The fourth-order valence-electron chi connectivity index (χ4n) is 0.898. The maximum absolute atomic E-state index is 8.43. The Hall–Kier alpha value is -0.160. The van der Waals surface area contributed by atoms with Gasteiger partial charge in [0.1, 0.15) is 0 Å². The Morgan fingerprint density at radius 2 is 2.08 bits per heavy atom. The minimum absolute atomic E-state index is 0.0918. The smallest absolute Gasteiger partial charge is 0.0698 e. The lowest BCUT2D eigenvalue weighted by atomic mass is 10.3. The van der Waals surface area contributed by atoms with Crippen LogP contribution >= 0.6 is 0 Å². The third kappa shape index (κ3) is 9.76. The van der Waals surface area contributed by atoms with E-state index >= 15 is 0 Å². The average molecular weight is 191 g/mol. The SMILES string of the molecule is CCOCC(C)NCCOCCO. The molecule has 1 unspecified atom stereocenters. The van der Waals surface area contributed by atoms with Crippen molar-refractivity contribution >= 4 is 0 Å². The molecule has 0 aliphatic heterocycles. The standard InChI is InChI=1S/C9H21NO3/c1-3-12-8-9(2)10-4-6-13-7-5-11/h9-11H,3-8H2,1-2H3. The van der Waals surface area contributed by atoms with Crippen molar-refractivity contribution in [1.82, 2.24) is 5.32 Å². The van der Waals surface area contributed by atoms with E-state index in [2.05, 4.69) is 12.2 Å². The maximum Gasteiger partial charge on any atom is 0.0698 e. The van der Waals surface area contributed by atoms with Crippen LogP contribution in [-0.4, -0.2) is 50.7 Å². The molecule has 0 fully saturated rings. The van der Waals surface area contributed by atoms with Gasteiger partial charge in [-0.3, -0.25) is 0 Å². The fraction of sp³-hybridized carbons (Fsp3) is 1.00. The molecular weight excluding hydrogens is 170 g/mol. The van der Waals surface area contributed by atoms with E-state index in [4.69, 9.17) is 14.6 Å². The van der Waals surface area contributed by atoms with Crippen LogP contribution in [0, 0.1) is 0 Å². The number of aliphatic hydroxyl groups excluding tert-OH is 1. The van der Waals surface area contributed by atoms with Crippen LogP contribution in [0.25, 0.3) is 0 Å². The van der Waals surface area contributed by atoms with Crippen molar-refractivity contribution in [3.63, 3.8) is 0 Å². The highest BCUT2D eigenvalue weighted by Crippen LogP contribution is 1.83. The average Bonchev–Trinajstić information content (AvgIpc) is 2.14. The Bertz CT molecular complexity index is 101. The van der Waals surface area contributed by atoms with Crippen molar-refractivity contribution in [1.29, 1.82) is 0 Å². The lowest BCUT2D eigenvalue weighted by Crippen LogP contribution is -2.33. The van der Waals surface area contributed by atoms with Gasteiger partial charge in [-0.15, -0.1) is 0 Å². The molecule has 13 heavy (non-hydrogen) atoms. The molecule has 0 bridgehead atoms. The minimum Gasteiger partial charge on any atom is -0.394 e. The summed E-state index contributed by atoms with van der Waals surface area (Å²) in [6.07, 6.45) is 0. The largest absolute Gasteiger partial charge is 0.394 e. The molecule has 0 spiro atoms. The first-order chi connectivity index (χ1) is 6.31. The monoisotopic (exact) mass is 191 g/mol. The van der Waals surface area contributed by atoms with Crippen molar-refractivity contribution in [3.05, 3.63) is 0 Å². The van der Waals surface area contributed by atoms with Gasteiger partial charge in [0.05, 0.1) is 26.4 Å². The second-order valence-electron chi connectivity index (χ2n) is 2.85. The van der Waals surface area contributed by atoms with E-state index in [0.29, 0.717) is 19.3 Å². The predicted octanol–water partition coefficient (Wildman–Crippen LogP) is 0.00990. The number of hydrogen-bond acceptors (Lipinski definition) is 4. The Morgan fingerprint density at radius 1 is 1.31 bits per heavy atom. The van der Waals surface area contributed by atoms with E-state index < -0.39 is 0 Å². The van der Waals surface area contributed by atoms with Crippen LogP contribution in [0.1, 0.15) is 13.8 Å². The molecular formula is C9H21NO3. The quantitative estimate of drug-likeness (QED) is 0.504. The molecule has 0 rings (SSSR count). The summed E-state index contributed by atoms with van der Waals surface area (Å²) in [5.41, 5.74) is 0. The third-order valence-corrected chi connectivity index (χ3v) is 1.55. The van der Waals surface area contributed by atoms with Gasteiger partial charge in [-0.1, -0.05) is 0 Å². The van der Waals surface area contributed by atoms with E-state index in [1.807, 2.05) is 6.92 Å². The molecule has 0 aromatic rings. The Labute approximate surface area is 80.2 Å². The van der Waals surface area contributed by atoms with Crippen molar-refractivity contribution in [2.24, 2.45) is 0 Å². The highest BCUT2D eigenvalue weighted by atomic mass is 16.5. The van der Waals surface area contributed by atoms with Crippen LogP contribution < -0.4 is 5.32 Å². The Kier molecular flexibility index (Phi) is 9.80. The van der Waals surface area contributed by atoms with Crippen LogP contribution in [0.2, 0.25) is 0 Å². The van der Waals surface area contributed by atoms with Gasteiger partial charge in [-0.25, -0.2) is 0 Å². The van der Waals surface area contributed by atoms with Crippen molar-refractivity contribution in [3.8, 4) is 0 Å². The highest BCUT2D eigenvalue weighted by Gasteiger charge is 1.98. The molecule has 0 aliphatic carbocycles. The van der Waals surface area contributed by atoms with Gasteiger partial charge in [-0.05, 0) is 13.8 Å². The topological polar surface area (TPSA) is 50.7 Å². The zero-order valence-corrected chi connectivity index (χ0v) is 8.58. The van der Waals surface area contributed by atoms with E-state index in [1.54, 1.807) is 0 Å². The number of rotatable bonds is 9. The molecule has 4 heteroatoms. The van der Waals surface area contributed by atoms with Gasteiger partial charge < -0.3 is 19.9 Å². The fourth-order valence-corrected chi connectivity index (χ4v) is 0.898. The van der Waals surface area contributed by atoms with Gasteiger partial charge in [0.15, 0.2) is 0 Å². The molecule has 0 heterocycles. The van der Waals surface area contributed by atoms with Gasteiger partial charge >= 0.3 is 0 Å². The second kappa shape index (κ2) is 9.92. The maximum atomic E-state index is 8.43. The lowest BCUT2D eigenvalue weighted by Gasteiger charge is -2.13. The van der Waals surface area contributed by atoms with Crippen LogP contribution in [0.4, 0.5) is 0 Å². The molecule has 0 amide bonds. The van der Waals surface area contributed by atoms with Gasteiger partial charge in [0, 0.05) is 19.2 Å². The van der Waals surface area contributed by atoms with Crippen LogP contribution in [0.5, 0.6) is 0 Å². The zero-order valence-electron chi connectivity index (χ0n) is 8.58. The molecule has 0 radical (unpaired) electrons. The predicted molar refractivity (Wildman–Crippen MR) is 51.9 cm³/mol. The minimum atomic E-state index is 0.0918. The van der Waals surface area contributed by atoms with Gasteiger partial charge in [-0.2, -0.15) is 0 Å². The van der Waals surface area contributed by atoms with Crippen molar-refractivity contribution in [2.75, 3.05) is 39.6 Å². The molecule has 0 aromatic carbocycles. The number of hydrogen-bond donors (Lipinski definition) is 2. The third-order valence-electron chi connectivity index (χ3n) is 1.55. The van der Waals surface area contributed by atoms with Gasteiger partial charge in [0.25, 0.3) is 0 Å². The summed E-state index contributed by atoms with van der Waals surface area (Å²) in [5.74, 6) is 0. The van der Waals surface area contributed by atoms with Crippen LogP contribution in [0.3, 0.4) is 0 Å². The summed E-state index contributed by atoms with van der Waals surface area (Å²) in [6.45, 7) is 7.49. The molecule has 80 valence electrons. The number of ether oxygens (including phenoxy) is 2. The summed E-state index contributed by atoms with van der Waals surface area (Å²) < 4.78 is 10.3. The molecule has 4 nitrogen and oxygen atoms in total. The summed E-state index contributed by atoms with van der Waals surface area (Å²) in [5, 5.41) is 11.7. The molecule has 0 saturated carbocycles. The lowest BCUT2D eigenvalue weighted by molar-refractivity contribution is 0.0868. The molecule has 2 N–H and O–H groups in total. The van der Waals surface area contributed by atoms with E-state index in [9.17, 15) is 0 Å². The molecule has 0 aliphatic rings. The van der Waals surface area contributed by atoms with Crippen molar-refractivity contribution in [2.45, 2.75) is 19.9 Å². The zero-order chi connectivity index (χ0) is 9.94. The normalized spacial score (nSPS) is 13.2. The van der Waals surface area contributed by atoms with Crippen molar-refractivity contribution < 1.29 is 14.6 Å². The van der Waals surface area contributed by atoms with Crippen LogP contribution in [0.15, 0.2) is 0 Å². The summed E-state index contributed by atoms with van der Waals surface area (Å²) >= 11 is 0. The molecule has 1 atom stereocenters. The van der Waals surface area contributed by atoms with E-state index in [-0.39, 0.29) is 6.61 Å². The van der Waals surface area contributed by atoms with Gasteiger partial charge in [0.2, 0.25) is 0 Å². The molecule has 0 saturated heterocycles. The van der Waals surface area contributed by atoms with E-state index in [1.165, 1.54) is 0 Å². The second-order valence-corrected chi connectivity index (χ2v) is 2.85. The Morgan fingerprint density at radius 3 is 2.69 bits per heavy atom.